The van der Waals surface area contributed by atoms with Crippen molar-refractivity contribution in [3.05, 3.63) is 64.6 Å². The fraction of sp³-hybridized carbons (Fsp3) is 0.188. The van der Waals surface area contributed by atoms with Gasteiger partial charge in [-0.25, -0.2) is 8.42 Å². The average molecular weight is 398 g/mol. The van der Waals surface area contributed by atoms with Crippen molar-refractivity contribution in [3.63, 3.8) is 0 Å². The first-order chi connectivity index (χ1) is 10.8. The molecule has 0 spiro atoms. The second kappa shape index (κ2) is 7.25. The van der Waals surface area contributed by atoms with Gasteiger partial charge in [0, 0.05) is 18.1 Å². The molecule has 0 amide bonds. The highest BCUT2D eigenvalue weighted by Crippen LogP contribution is 2.23. The molecule has 7 heteroatoms. The zero-order chi connectivity index (χ0) is 17.0. The van der Waals surface area contributed by atoms with Gasteiger partial charge in [-0.1, -0.05) is 46.3 Å². The minimum absolute atomic E-state index is 0.141. The molecule has 0 heterocycles. The molecule has 1 N–H and O–H groups in total. The average Bonchev–Trinajstić information content (AvgIpc) is 2.54. The van der Waals surface area contributed by atoms with Crippen LogP contribution in [0.4, 0.5) is 0 Å². The Morgan fingerprint density at radius 1 is 1.13 bits per heavy atom. The van der Waals surface area contributed by atoms with Crippen LogP contribution in [0.1, 0.15) is 11.5 Å². The fourth-order valence-electron chi connectivity index (χ4n) is 2.15. The van der Waals surface area contributed by atoms with E-state index in [1.807, 2.05) is 0 Å². The van der Waals surface area contributed by atoms with Gasteiger partial charge in [-0.05, 0) is 29.8 Å². The third-order valence-electron chi connectivity index (χ3n) is 3.46. The third-order valence-corrected chi connectivity index (χ3v) is 5.83. The second-order valence-corrected chi connectivity index (χ2v) is 8.00. The summed E-state index contributed by atoms with van der Waals surface area (Å²) in [6, 6.07) is 14.8. The number of rotatable bonds is 6. The lowest BCUT2D eigenvalue weighted by atomic mass is 9.99. The van der Waals surface area contributed by atoms with Crippen LogP contribution in [0.5, 0.6) is 0 Å². The molecule has 2 aromatic carbocycles. The van der Waals surface area contributed by atoms with E-state index in [1.165, 1.54) is 19.2 Å². The molecule has 0 fully saturated rings. The molecule has 0 unspecified atom stereocenters. The number of benzene rings is 2. The van der Waals surface area contributed by atoms with Crippen molar-refractivity contribution >= 4 is 31.9 Å². The van der Waals surface area contributed by atoms with Crippen molar-refractivity contribution in [1.82, 2.24) is 4.31 Å². The molecular weight excluding hydrogens is 382 g/mol. The Hall–Kier alpha value is -1.70. The maximum Gasteiger partial charge on any atom is 0.312 e. The number of likely N-dealkylation sites (N-methyl/N-ethyl adjacent to an activating group) is 1. The summed E-state index contributed by atoms with van der Waals surface area (Å²) >= 11 is 3.29. The summed E-state index contributed by atoms with van der Waals surface area (Å²) in [7, 11) is -2.34. The highest BCUT2D eigenvalue weighted by molar-refractivity contribution is 9.10. The van der Waals surface area contributed by atoms with E-state index in [0.717, 1.165) is 8.78 Å². The molecule has 0 aliphatic heterocycles. The summed E-state index contributed by atoms with van der Waals surface area (Å²) in [5, 5.41) is 9.45. The monoisotopic (exact) mass is 397 g/mol. The molecular formula is C16H16BrNO4S. The molecule has 2 rings (SSSR count). The Labute approximate surface area is 143 Å². The van der Waals surface area contributed by atoms with Crippen LogP contribution in [0, 0.1) is 0 Å². The van der Waals surface area contributed by atoms with Crippen molar-refractivity contribution in [3.8, 4) is 0 Å². The Morgan fingerprint density at radius 2 is 1.70 bits per heavy atom. The highest BCUT2D eigenvalue weighted by atomic mass is 79.9. The van der Waals surface area contributed by atoms with Crippen LogP contribution in [0.15, 0.2) is 64.0 Å². The molecule has 2 aromatic rings. The van der Waals surface area contributed by atoms with E-state index in [2.05, 4.69) is 15.9 Å². The number of sulfonamides is 1. The third kappa shape index (κ3) is 4.19. The van der Waals surface area contributed by atoms with E-state index in [1.54, 1.807) is 42.5 Å². The Balaban J connectivity index is 2.26. The number of nitrogens with zero attached hydrogens (tertiary/aromatic N) is 1. The second-order valence-electron chi connectivity index (χ2n) is 5.04. The fourth-order valence-corrected chi connectivity index (χ4v) is 3.62. The van der Waals surface area contributed by atoms with Gasteiger partial charge in [0.1, 0.15) is 0 Å². The predicted octanol–water partition coefficient (Wildman–Crippen LogP) is 2.94. The molecule has 0 aliphatic carbocycles. The van der Waals surface area contributed by atoms with E-state index in [9.17, 15) is 18.3 Å². The number of hydrogen-bond acceptors (Lipinski definition) is 3. The van der Waals surface area contributed by atoms with E-state index in [4.69, 9.17) is 0 Å². The van der Waals surface area contributed by atoms with Gasteiger partial charge < -0.3 is 5.11 Å². The van der Waals surface area contributed by atoms with Crippen LogP contribution in [-0.2, 0) is 14.8 Å². The summed E-state index contributed by atoms with van der Waals surface area (Å²) in [5.74, 6) is -2.01. The normalized spacial score (nSPS) is 13.0. The van der Waals surface area contributed by atoms with Crippen LogP contribution < -0.4 is 0 Å². The molecule has 5 nitrogen and oxygen atoms in total. The molecule has 0 saturated heterocycles. The predicted molar refractivity (Wildman–Crippen MR) is 90.8 cm³/mol. The highest BCUT2D eigenvalue weighted by Gasteiger charge is 2.28. The van der Waals surface area contributed by atoms with Gasteiger partial charge in [0.15, 0.2) is 0 Å². The van der Waals surface area contributed by atoms with Gasteiger partial charge in [0.2, 0.25) is 10.0 Å². The maximum absolute atomic E-state index is 12.5. The van der Waals surface area contributed by atoms with Crippen LogP contribution in [0.2, 0.25) is 0 Å². The number of carbonyl (C=O) groups is 1. The van der Waals surface area contributed by atoms with E-state index >= 15 is 0 Å². The SMILES string of the molecule is CN(C[C@H](C(=O)O)c1ccc(Br)cc1)S(=O)(=O)c1ccccc1. The summed E-state index contributed by atoms with van der Waals surface area (Å²) in [6.45, 7) is -0.145. The first-order valence-corrected chi connectivity index (χ1v) is 9.05. The van der Waals surface area contributed by atoms with Gasteiger partial charge in [0.05, 0.1) is 10.8 Å². The summed E-state index contributed by atoms with van der Waals surface area (Å²) in [5.41, 5.74) is 0.552. The molecule has 122 valence electrons. The minimum Gasteiger partial charge on any atom is -0.481 e. The molecule has 0 radical (unpaired) electrons. The number of carboxylic acid groups (broad SMARTS) is 1. The largest absolute Gasteiger partial charge is 0.481 e. The standard InChI is InChI=1S/C16H16BrNO4S/c1-18(23(21,22)14-5-3-2-4-6-14)11-15(16(19)20)12-7-9-13(17)10-8-12/h2-10,15H,11H2,1H3,(H,19,20)/t15-/m0/s1. The van der Waals surface area contributed by atoms with Crippen molar-refractivity contribution in [1.29, 1.82) is 0 Å². The van der Waals surface area contributed by atoms with E-state index < -0.39 is 21.9 Å². The van der Waals surface area contributed by atoms with E-state index in [-0.39, 0.29) is 11.4 Å². The number of aliphatic carboxylic acids is 1. The van der Waals surface area contributed by atoms with Crippen molar-refractivity contribution < 1.29 is 18.3 Å². The van der Waals surface area contributed by atoms with E-state index in [0.29, 0.717) is 5.56 Å². The van der Waals surface area contributed by atoms with Crippen LogP contribution >= 0.6 is 15.9 Å². The van der Waals surface area contributed by atoms with Crippen molar-refractivity contribution in [2.24, 2.45) is 0 Å². The zero-order valence-corrected chi connectivity index (χ0v) is 14.8. The van der Waals surface area contributed by atoms with Crippen LogP contribution in [-0.4, -0.2) is 37.4 Å². The van der Waals surface area contributed by atoms with Gasteiger partial charge >= 0.3 is 5.97 Å². The summed E-state index contributed by atoms with van der Waals surface area (Å²) in [4.78, 5) is 11.7. The van der Waals surface area contributed by atoms with Gasteiger partial charge in [-0.3, -0.25) is 4.79 Å². The first-order valence-electron chi connectivity index (χ1n) is 6.82. The molecule has 23 heavy (non-hydrogen) atoms. The summed E-state index contributed by atoms with van der Waals surface area (Å²) < 4.78 is 26.9. The zero-order valence-electron chi connectivity index (χ0n) is 12.4. The number of carboxylic acids is 1. The molecule has 0 saturated carbocycles. The molecule has 1 atom stereocenters. The van der Waals surface area contributed by atoms with Gasteiger partial charge in [-0.15, -0.1) is 0 Å². The van der Waals surface area contributed by atoms with Crippen LogP contribution in [0.3, 0.4) is 0 Å². The Bertz CT molecular complexity index is 775. The lowest BCUT2D eigenvalue weighted by Gasteiger charge is -2.21. The number of halogens is 1. The quantitative estimate of drug-likeness (QED) is 0.812. The number of hydrogen-bond donors (Lipinski definition) is 1. The van der Waals surface area contributed by atoms with Gasteiger partial charge in [-0.2, -0.15) is 4.31 Å². The molecule has 0 aliphatic rings. The smallest absolute Gasteiger partial charge is 0.312 e. The molecule has 0 aromatic heterocycles. The van der Waals surface area contributed by atoms with Crippen LogP contribution in [0.25, 0.3) is 0 Å². The topological polar surface area (TPSA) is 74.7 Å². The van der Waals surface area contributed by atoms with Gasteiger partial charge in [0.25, 0.3) is 0 Å². The Kier molecular flexibility index (Phi) is 5.56. The summed E-state index contributed by atoms with van der Waals surface area (Å²) in [6.07, 6.45) is 0. The van der Waals surface area contributed by atoms with Crippen molar-refractivity contribution in [2.75, 3.05) is 13.6 Å². The minimum atomic E-state index is -3.72. The maximum atomic E-state index is 12.5. The lowest BCUT2D eigenvalue weighted by Crippen LogP contribution is -2.33. The Morgan fingerprint density at radius 3 is 2.22 bits per heavy atom. The first kappa shape index (κ1) is 17.7. The lowest BCUT2D eigenvalue weighted by molar-refractivity contribution is -0.138. The molecule has 0 bridgehead atoms. The van der Waals surface area contributed by atoms with Crippen molar-refractivity contribution in [2.45, 2.75) is 10.8 Å².